The molecule has 9 amide bonds. The van der Waals surface area contributed by atoms with E-state index in [0.29, 0.717) is 36.9 Å². The molecule has 0 aliphatic rings. The fourth-order valence-electron chi connectivity index (χ4n) is 7.23. The molecule has 414 valence electrons. The highest BCUT2D eigenvalue weighted by atomic mass is 32.1. The number of carboxylic acid groups (broad SMARTS) is 1. The Labute approximate surface area is 439 Å². The molecule has 8 atom stereocenters. The van der Waals surface area contributed by atoms with Crippen molar-refractivity contribution in [2.75, 3.05) is 25.4 Å². The second-order valence-electron chi connectivity index (χ2n) is 17.5. The number of amides is 9. The average Bonchev–Trinajstić information content (AvgIpc) is 3.35. The maximum absolute atomic E-state index is 14.4. The van der Waals surface area contributed by atoms with E-state index in [2.05, 4.69) is 54.8 Å². The topological polar surface area (TPSA) is 490 Å². The van der Waals surface area contributed by atoms with Gasteiger partial charge in [-0.2, -0.15) is 12.6 Å². The summed E-state index contributed by atoms with van der Waals surface area (Å²) in [6, 6.07) is 2.04. The van der Waals surface area contributed by atoms with Crippen LogP contribution in [0.2, 0.25) is 0 Å². The van der Waals surface area contributed by atoms with Crippen LogP contribution in [0.4, 0.5) is 0 Å². The number of nitrogens with zero attached hydrogens (tertiary/aromatic N) is 1. The predicted octanol–water partition coefficient (Wildman–Crippen LogP) is -5.02. The molecule has 0 fully saturated rings. The monoisotopic (exact) mass is 1070 g/mol. The van der Waals surface area contributed by atoms with E-state index >= 15 is 0 Å². The van der Waals surface area contributed by atoms with E-state index in [-0.39, 0.29) is 75.5 Å². The number of nitrogens with two attached hydrogens (primary N) is 7. The molecule has 2 rings (SSSR count). The number of phenols is 1. The number of primary amides is 2. The maximum Gasteiger partial charge on any atom is 0.327 e. The van der Waals surface area contributed by atoms with Gasteiger partial charge in [0.1, 0.15) is 48.0 Å². The fraction of sp³-hybridized carbons (Fsp3) is 0.511. The van der Waals surface area contributed by atoms with Crippen LogP contribution in [0.1, 0.15) is 75.3 Å². The third-order valence-corrected chi connectivity index (χ3v) is 11.6. The van der Waals surface area contributed by atoms with Gasteiger partial charge in [-0.3, -0.25) is 48.1 Å². The van der Waals surface area contributed by atoms with E-state index in [4.69, 9.17) is 40.1 Å². The third-order valence-electron chi connectivity index (χ3n) is 11.3. The highest BCUT2D eigenvalue weighted by molar-refractivity contribution is 7.80. The summed E-state index contributed by atoms with van der Waals surface area (Å²) in [6.45, 7) is 0.615. The van der Waals surface area contributed by atoms with Gasteiger partial charge < -0.3 is 87.6 Å². The number of nitrogens with one attached hydrogen (secondary N) is 7. The number of thiol groups is 1. The van der Waals surface area contributed by atoms with Crippen LogP contribution in [-0.4, -0.2) is 149 Å². The van der Waals surface area contributed by atoms with E-state index in [1.807, 2.05) is 0 Å². The fourth-order valence-corrected chi connectivity index (χ4v) is 7.48. The van der Waals surface area contributed by atoms with Gasteiger partial charge in [0, 0.05) is 25.1 Å². The minimum Gasteiger partial charge on any atom is -0.508 e. The number of aliphatic imine (C=N–C) groups is 1. The van der Waals surface area contributed by atoms with Crippen LogP contribution in [0, 0.1) is 0 Å². The van der Waals surface area contributed by atoms with Crippen LogP contribution in [0.5, 0.6) is 5.75 Å². The van der Waals surface area contributed by atoms with Gasteiger partial charge in [-0.25, -0.2) is 4.79 Å². The minimum absolute atomic E-state index is 0.0415. The Hall–Kier alpha value is -7.56. The van der Waals surface area contributed by atoms with Crippen LogP contribution >= 0.6 is 12.6 Å². The minimum atomic E-state index is -1.86. The van der Waals surface area contributed by atoms with E-state index in [0.717, 1.165) is 0 Å². The molecule has 0 spiro atoms. The van der Waals surface area contributed by atoms with E-state index < -0.39 is 120 Å². The molecule has 28 heteroatoms. The lowest BCUT2D eigenvalue weighted by Gasteiger charge is -2.28. The van der Waals surface area contributed by atoms with Crippen molar-refractivity contribution in [1.29, 1.82) is 0 Å². The summed E-state index contributed by atoms with van der Waals surface area (Å²) >= 11 is 4.00. The summed E-state index contributed by atoms with van der Waals surface area (Å²) in [5.74, 6) is -11.0. The molecule has 23 N–H and O–H groups in total. The van der Waals surface area contributed by atoms with Crippen LogP contribution in [0.15, 0.2) is 59.6 Å². The van der Waals surface area contributed by atoms with Crippen LogP contribution < -0.4 is 77.4 Å². The van der Waals surface area contributed by atoms with Crippen LogP contribution in [-0.2, 0) is 60.8 Å². The van der Waals surface area contributed by atoms with Gasteiger partial charge in [0.05, 0.1) is 18.9 Å². The van der Waals surface area contributed by atoms with Gasteiger partial charge in [-0.1, -0.05) is 48.9 Å². The molecule has 0 saturated carbocycles. The zero-order valence-electron chi connectivity index (χ0n) is 41.5. The lowest BCUT2D eigenvalue weighted by atomic mass is 10.0. The number of unbranched alkanes of at least 4 members (excludes halogenated alkanes) is 2. The summed E-state index contributed by atoms with van der Waals surface area (Å²) in [4.78, 5) is 137. The van der Waals surface area contributed by atoms with Gasteiger partial charge >= 0.3 is 5.97 Å². The van der Waals surface area contributed by atoms with Crippen molar-refractivity contribution in [3.05, 3.63) is 65.7 Å². The number of benzene rings is 2. The number of carbonyl (C=O) groups is 10. The first-order valence-corrected chi connectivity index (χ1v) is 24.8. The lowest BCUT2D eigenvalue weighted by Crippen LogP contribution is -2.61. The average molecular weight is 1070 g/mol. The molecule has 0 radical (unpaired) electrons. The highest BCUT2D eigenvalue weighted by Gasteiger charge is 2.35. The Kier molecular flexibility index (Phi) is 28.8. The van der Waals surface area contributed by atoms with Crippen molar-refractivity contribution in [3.8, 4) is 5.75 Å². The van der Waals surface area contributed by atoms with Crippen molar-refractivity contribution in [3.63, 3.8) is 0 Å². The summed E-state index contributed by atoms with van der Waals surface area (Å²) < 4.78 is 0. The molecule has 2 aromatic carbocycles. The number of phenolic OH excluding ortho intramolecular Hbond substituents is 1. The second-order valence-corrected chi connectivity index (χ2v) is 17.8. The number of hydrogen-bond acceptors (Lipinski definition) is 16. The highest BCUT2D eigenvalue weighted by Crippen LogP contribution is 2.14. The predicted molar refractivity (Wildman–Crippen MR) is 278 cm³/mol. The smallest absolute Gasteiger partial charge is 0.327 e. The molecular formula is C47H73N15O12S. The van der Waals surface area contributed by atoms with Gasteiger partial charge in [-0.15, -0.1) is 0 Å². The molecule has 0 aromatic heterocycles. The van der Waals surface area contributed by atoms with Gasteiger partial charge in [0.25, 0.3) is 0 Å². The van der Waals surface area contributed by atoms with Gasteiger partial charge in [0.2, 0.25) is 53.2 Å². The standard InChI is InChI=1S/C47H73N15O12S/c48-18-6-4-11-29(50)39(66)56-31(13-8-20-55-47(53)54)41(68)60-34(23-37(51)64)45(72)61-35(24-38(52)65)44(71)59-32(21-26-9-2-1-3-10-26)42(69)57-30(12-5-7-19-49)40(67)58-33(22-27-14-16-28(63)17-15-27)43(70)62-36(25-75)46(73)74/h1-3,9-10,14-17,29-36,63,75H,4-8,11-13,18-25,48-50H2,(H2,51,64)(H2,52,65)(H,56,66)(H,57,69)(H,58,67)(H,59,71)(H,60,68)(H,61,72)(H,62,70)(H,73,74)(H4,53,54,55)/t29-,30-,31-,32-,33-,34-,35-,36-/m0/s1. The molecule has 0 unspecified atom stereocenters. The van der Waals surface area contributed by atoms with Crippen molar-refractivity contribution in [1.82, 2.24) is 37.2 Å². The molecule has 0 aliphatic carbocycles. The van der Waals surface area contributed by atoms with E-state index in [1.165, 1.54) is 24.3 Å². The molecule has 75 heavy (non-hydrogen) atoms. The van der Waals surface area contributed by atoms with Gasteiger partial charge in [0.15, 0.2) is 5.96 Å². The molecule has 2 aromatic rings. The van der Waals surface area contributed by atoms with Crippen LogP contribution in [0.3, 0.4) is 0 Å². The Balaban J connectivity index is 2.50. The van der Waals surface area contributed by atoms with Crippen molar-refractivity contribution >= 4 is 77.7 Å². The SMILES string of the molecule is NCCCC[C@H](NC(=O)[C@H](Cc1ccccc1)NC(=O)[C@H](CC(N)=O)NC(=O)[C@H](CC(N)=O)NC(=O)[C@H](CCCN=C(N)N)NC(=O)[C@@H](N)CCCCN)C(=O)N[C@@H](Cc1ccc(O)cc1)C(=O)N[C@@H](CS)C(=O)O. The first kappa shape index (κ1) is 63.6. The third kappa shape index (κ3) is 24.8. The number of carboxylic acids is 1. The first-order valence-electron chi connectivity index (χ1n) is 24.1. The number of hydrogen-bond donors (Lipinski definition) is 17. The van der Waals surface area contributed by atoms with Crippen molar-refractivity contribution in [2.24, 2.45) is 45.1 Å². The number of rotatable bonds is 36. The molecule has 27 nitrogen and oxygen atoms in total. The number of carbonyl (C=O) groups excluding carboxylic acids is 9. The molecular weight excluding hydrogens is 999 g/mol. The second kappa shape index (κ2) is 34.0. The number of guanidine groups is 1. The molecule has 0 aliphatic heterocycles. The largest absolute Gasteiger partial charge is 0.508 e. The summed E-state index contributed by atoms with van der Waals surface area (Å²) in [5.41, 5.74) is 40.1. The van der Waals surface area contributed by atoms with Crippen molar-refractivity contribution in [2.45, 2.75) is 125 Å². The van der Waals surface area contributed by atoms with E-state index in [1.54, 1.807) is 30.3 Å². The molecule has 0 saturated heterocycles. The summed E-state index contributed by atoms with van der Waals surface area (Å²) in [7, 11) is 0. The zero-order valence-corrected chi connectivity index (χ0v) is 42.4. The van der Waals surface area contributed by atoms with Crippen LogP contribution in [0.25, 0.3) is 0 Å². The normalized spacial score (nSPS) is 14.1. The quantitative estimate of drug-likeness (QED) is 0.0131. The summed E-state index contributed by atoms with van der Waals surface area (Å²) in [5, 5.41) is 36.6. The van der Waals surface area contributed by atoms with E-state index in [9.17, 15) is 58.2 Å². The number of aromatic hydroxyl groups is 1. The summed E-state index contributed by atoms with van der Waals surface area (Å²) in [6.07, 6.45) is -0.0928. The van der Waals surface area contributed by atoms with Gasteiger partial charge in [-0.05, 0) is 81.3 Å². The zero-order chi connectivity index (χ0) is 56.0. The Morgan fingerprint density at radius 1 is 0.493 bits per heavy atom. The van der Waals surface area contributed by atoms with Crippen molar-refractivity contribution < 1.29 is 58.2 Å². The Morgan fingerprint density at radius 3 is 1.32 bits per heavy atom. The maximum atomic E-state index is 14.4. The Bertz CT molecular complexity index is 2260. The molecule has 0 bridgehead atoms. The molecule has 0 heterocycles. The number of aliphatic carboxylic acids is 1. The Morgan fingerprint density at radius 2 is 0.880 bits per heavy atom. The lowest BCUT2D eigenvalue weighted by molar-refractivity contribution is -0.141. The first-order chi connectivity index (χ1) is 35.6.